The van der Waals surface area contributed by atoms with E-state index < -0.39 is 15.9 Å². The van der Waals surface area contributed by atoms with Crippen LogP contribution in [0.15, 0.2) is 53.4 Å². The molecule has 0 radical (unpaired) electrons. The first-order chi connectivity index (χ1) is 12.4. The van der Waals surface area contributed by atoms with E-state index in [0.717, 1.165) is 5.56 Å². The Balaban J connectivity index is 2.19. The Labute approximate surface area is 154 Å². The van der Waals surface area contributed by atoms with Gasteiger partial charge in [-0.05, 0) is 37.6 Å². The second kappa shape index (κ2) is 8.82. The zero-order valence-electron chi connectivity index (χ0n) is 15.2. The van der Waals surface area contributed by atoms with E-state index in [2.05, 4.69) is 5.32 Å². The minimum atomic E-state index is -3.74. The van der Waals surface area contributed by atoms with Crippen molar-refractivity contribution in [3.05, 3.63) is 54.1 Å². The van der Waals surface area contributed by atoms with Crippen LogP contribution in [0.4, 0.5) is 5.69 Å². The molecular weight excluding hydrogens is 352 g/mol. The van der Waals surface area contributed by atoms with Crippen molar-refractivity contribution in [3.63, 3.8) is 0 Å². The molecule has 26 heavy (non-hydrogen) atoms. The molecule has 0 fully saturated rings. The number of amides is 1. The van der Waals surface area contributed by atoms with E-state index in [-0.39, 0.29) is 18.0 Å². The topological polar surface area (TPSA) is 75.7 Å². The van der Waals surface area contributed by atoms with Crippen LogP contribution in [-0.2, 0) is 14.8 Å². The summed E-state index contributed by atoms with van der Waals surface area (Å²) in [7, 11) is -2.23. The molecule has 1 amide bonds. The van der Waals surface area contributed by atoms with E-state index in [1.165, 1.54) is 11.4 Å². The van der Waals surface area contributed by atoms with Crippen molar-refractivity contribution >= 4 is 21.6 Å². The zero-order valence-corrected chi connectivity index (χ0v) is 16.0. The molecule has 1 N–H and O–H groups in total. The van der Waals surface area contributed by atoms with Crippen LogP contribution in [0.2, 0.25) is 0 Å². The third-order valence-electron chi connectivity index (χ3n) is 3.83. The quantitative estimate of drug-likeness (QED) is 0.768. The maximum absolute atomic E-state index is 12.9. The highest BCUT2D eigenvalue weighted by Crippen LogP contribution is 2.23. The van der Waals surface area contributed by atoms with Crippen LogP contribution in [0.25, 0.3) is 0 Å². The number of sulfonamides is 1. The third kappa shape index (κ3) is 4.83. The van der Waals surface area contributed by atoms with Crippen LogP contribution in [0, 0.1) is 6.92 Å². The summed E-state index contributed by atoms with van der Waals surface area (Å²) in [5.41, 5.74) is 1.48. The van der Waals surface area contributed by atoms with Crippen LogP contribution in [0.3, 0.4) is 0 Å². The fourth-order valence-electron chi connectivity index (χ4n) is 2.49. The number of anilines is 1. The summed E-state index contributed by atoms with van der Waals surface area (Å²) in [5.74, 6) is 0.0999. The lowest BCUT2D eigenvalue weighted by molar-refractivity contribution is -0.116. The first-order valence-corrected chi connectivity index (χ1v) is 9.82. The van der Waals surface area contributed by atoms with Crippen molar-refractivity contribution in [1.29, 1.82) is 0 Å². The minimum Gasteiger partial charge on any atom is -0.495 e. The van der Waals surface area contributed by atoms with Gasteiger partial charge in [-0.2, -0.15) is 4.31 Å². The molecule has 2 aromatic carbocycles. The third-order valence-corrected chi connectivity index (χ3v) is 5.69. The SMILES string of the molecule is CCCN(CC(=O)Nc1ccccc1OC)S(=O)(=O)c1ccc(C)cc1. The number of hydrogen-bond donors (Lipinski definition) is 1. The smallest absolute Gasteiger partial charge is 0.243 e. The summed E-state index contributed by atoms with van der Waals surface area (Å²) >= 11 is 0. The van der Waals surface area contributed by atoms with Crippen LogP contribution in [-0.4, -0.2) is 38.8 Å². The Morgan fingerprint density at radius 2 is 1.77 bits per heavy atom. The predicted octanol–water partition coefficient (Wildman–Crippen LogP) is 3.04. The van der Waals surface area contributed by atoms with Gasteiger partial charge in [-0.3, -0.25) is 4.79 Å². The largest absolute Gasteiger partial charge is 0.495 e. The molecule has 0 heterocycles. The van der Waals surface area contributed by atoms with E-state index in [1.807, 2.05) is 13.8 Å². The van der Waals surface area contributed by atoms with Crippen molar-refractivity contribution in [1.82, 2.24) is 4.31 Å². The van der Waals surface area contributed by atoms with E-state index in [0.29, 0.717) is 17.9 Å². The van der Waals surface area contributed by atoms with Gasteiger partial charge in [0.05, 0.1) is 24.2 Å². The number of rotatable bonds is 8. The van der Waals surface area contributed by atoms with Gasteiger partial charge in [-0.1, -0.05) is 36.8 Å². The number of benzene rings is 2. The van der Waals surface area contributed by atoms with Gasteiger partial charge < -0.3 is 10.1 Å². The summed E-state index contributed by atoms with van der Waals surface area (Å²) in [6.45, 7) is 3.76. The molecule has 140 valence electrons. The summed E-state index contributed by atoms with van der Waals surface area (Å²) in [6.07, 6.45) is 0.604. The monoisotopic (exact) mass is 376 g/mol. The van der Waals surface area contributed by atoms with Crippen molar-refractivity contribution < 1.29 is 17.9 Å². The number of nitrogens with zero attached hydrogens (tertiary/aromatic N) is 1. The Morgan fingerprint density at radius 3 is 2.38 bits per heavy atom. The first-order valence-electron chi connectivity index (χ1n) is 8.38. The number of nitrogens with one attached hydrogen (secondary N) is 1. The van der Waals surface area contributed by atoms with Gasteiger partial charge in [0, 0.05) is 6.54 Å². The molecule has 0 aliphatic carbocycles. The molecule has 0 aliphatic heterocycles. The van der Waals surface area contributed by atoms with Crippen LogP contribution < -0.4 is 10.1 Å². The number of carbonyl (C=O) groups is 1. The zero-order chi connectivity index (χ0) is 19.2. The molecule has 7 heteroatoms. The van der Waals surface area contributed by atoms with Crippen molar-refractivity contribution in [2.24, 2.45) is 0 Å². The first kappa shape index (κ1) is 19.9. The van der Waals surface area contributed by atoms with Gasteiger partial charge in [-0.25, -0.2) is 8.42 Å². The van der Waals surface area contributed by atoms with Crippen molar-refractivity contribution in [2.75, 3.05) is 25.5 Å². The number of aryl methyl sites for hydroxylation is 1. The highest BCUT2D eigenvalue weighted by Gasteiger charge is 2.26. The molecule has 0 saturated carbocycles. The van der Waals surface area contributed by atoms with E-state index >= 15 is 0 Å². The second-order valence-electron chi connectivity index (χ2n) is 5.90. The van der Waals surface area contributed by atoms with Crippen LogP contribution >= 0.6 is 0 Å². The average Bonchev–Trinajstić information content (AvgIpc) is 2.62. The average molecular weight is 376 g/mol. The molecule has 6 nitrogen and oxygen atoms in total. The molecule has 2 rings (SSSR count). The number of hydrogen-bond acceptors (Lipinski definition) is 4. The van der Waals surface area contributed by atoms with Gasteiger partial charge in [-0.15, -0.1) is 0 Å². The van der Waals surface area contributed by atoms with E-state index in [4.69, 9.17) is 4.74 Å². The molecule has 2 aromatic rings. The lowest BCUT2D eigenvalue weighted by Gasteiger charge is -2.21. The Kier molecular flexibility index (Phi) is 6.76. The van der Waals surface area contributed by atoms with Crippen LogP contribution in [0.5, 0.6) is 5.75 Å². The molecular formula is C19H24N2O4S. The maximum atomic E-state index is 12.9. The number of carbonyl (C=O) groups excluding carboxylic acids is 1. The van der Waals surface area contributed by atoms with Gasteiger partial charge in [0.25, 0.3) is 0 Å². The molecule has 0 unspecified atom stereocenters. The minimum absolute atomic E-state index is 0.182. The van der Waals surface area contributed by atoms with Crippen molar-refractivity contribution in [3.8, 4) is 5.75 Å². The lowest BCUT2D eigenvalue weighted by atomic mass is 10.2. The number of para-hydroxylation sites is 2. The van der Waals surface area contributed by atoms with Crippen molar-refractivity contribution in [2.45, 2.75) is 25.2 Å². The van der Waals surface area contributed by atoms with Gasteiger partial charge in [0.1, 0.15) is 5.75 Å². The highest BCUT2D eigenvalue weighted by molar-refractivity contribution is 7.89. The molecule has 0 bridgehead atoms. The molecule has 0 atom stereocenters. The standard InChI is InChI=1S/C19H24N2O4S/c1-4-13-21(26(23,24)16-11-9-15(2)10-12-16)14-19(22)20-17-7-5-6-8-18(17)25-3/h5-12H,4,13-14H2,1-3H3,(H,20,22). The lowest BCUT2D eigenvalue weighted by Crippen LogP contribution is -2.38. The summed E-state index contributed by atoms with van der Waals surface area (Å²) in [5, 5.41) is 2.71. The molecule has 0 saturated heterocycles. The molecule has 0 spiro atoms. The number of ether oxygens (including phenoxy) is 1. The molecule has 0 aromatic heterocycles. The van der Waals surface area contributed by atoms with Gasteiger partial charge >= 0.3 is 0 Å². The predicted molar refractivity (Wildman–Crippen MR) is 102 cm³/mol. The van der Waals surface area contributed by atoms with E-state index in [1.54, 1.807) is 48.5 Å². The van der Waals surface area contributed by atoms with Crippen LogP contribution in [0.1, 0.15) is 18.9 Å². The summed E-state index contributed by atoms with van der Waals surface area (Å²) in [4.78, 5) is 12.6. The van der Waals surface area contributed by atoms with Gasteiger partial charge in [0.2, 0.25) is 15.9 Å². The molecule has 0 aliphatic rings. The fourth-order valence-corrected chi connectivity index (χ4v) is 3.98. The fraction of sp³-hybridized carbons (Fsp3) is 0.316. The Hall–Kier alpha value is -2.38. The maximum Gasteiger partial charge on any atom is 0.243 e. The second-order valence-corrected chi connectivity index (χ2v) is 7.84. The summed E-state index contributed by atoms with van der Waals surface area (Å²) < 4.78 is 32.1. The normalized spacial score (nSPS) is 11.4. The van der Waals surface area contributed by atoms with Gasteiger partial charge in [0.15, 0.2) is 0 Å². The Morgan fingerprint density at radius 1 is 1.12 bits per heavy atom. The number of methoxy groups -OCH3 is 1. The Bertz CT molecular complexity index is 848. The highest BCUT2D eigenvalue weighted by atomic mass is 32.2. The van der Waals surface area contributed by atoms with E-state index in [9.17, 15) is 13.2 Å². The summed E-state index contributed by atoms with van der Waals surface area (Å²) in [6, 6.07) is 13.6.